The number of ether oxygens (including phenoxy) is 1. The molecule has 1 saturated carbocycles. The summed E-state index contributed by atoms with van der Waals surface area (Å²) in [5.41, 5.74) is 5.89. The highest BCUT2D eigenvalue weighted by atomic mass is 35.5. The molecule has 5 nitrogen and oxygen atoms in total. The zero-order valence-electron chi connectivity index (χ0n) is 23.3. The smallest absolute Gasteiger partial charge is 0.408 e. The molecule has 2 aromatic heterocycles. The second kappa shape index (κ2) is 10.6. The van der Waals surface area contributed by atoms with Crippen LogP contribution in [-0.4, -0.2) is 21.7 Å². The van der Waals surface area contributed by atoms with Crippen LogP contribution >= 0.6 is 11.6 Å². The molecule has 1 aliphatic carbocycles. The number of nitrogens with one attached hydrogen (secondary N) is 1. The van der Waals surface area contributed by atoms with Crippen LogP contribution in [0.15, 0.2) is 66.7 Å². The van der Waals surface area contributed by atoms with E-state index in [1.165, 1.54) is 0 Å². The van der Waals surface area contributed by atoms with Crippen molar-refractivity contribution in [2.75, 3.05) is 0 Å². The van der Waals surface area contributed by atoms with Crippen LogP contribution in [-0.2, 0) is 10.3 Å². The Balaban J connectivity index is 1.57. The number of rotatable bonds is 6. The molecule has 0 radical (unpaired) electrons. The molecule has 2 heterocycles. The third kappa shape index (κ3) is 5.65. The number of hydrogen-bond acceptors (Lipinski definition) is 4. The maximum absolute atomic E-state index is 12.6. The Morgan fingerprint density at radius 1 is 1.03 bits per heavy atom. The van der Waals surface area contributed by atoms with E-state index in [1.807, 2.05) is 39.0 Å². The Morgan fingerprint density at radius 2 is 1.72 bits per heavy atom. The Hall–Kier alpha value is -3.44. The molecule has 1 aliphatic rings. The van der Waals surface area contributed by atoms with E-state index in [2.05, 4.69) is 67.7 Å². The molecule has 6 heteroatoms. The predicted octanol–water partition coefficient (Wildman–Crippen LogP) is 9.03. The van der Waals surface area contributed by atoms with Gasteiger partial charge in [-0.2, -0.15) is 0 Å². The standard InChI is InChI=1S/C33H36ClN3O2/c1-6-21(2)27-20-28-26(30(34)36-27)19-25(22-11-8-7-9-12-22)29(35-28)23-13-15-24(16-14-23)33(17-10-18-33)37-31(38)39-32(3,4)5/h7-9,11-16,19-21H,6,10,17-18H2,1-5H3,(H,37,38)/t21-/m0/s1. The number of pyridine rings is 2. The SMILES string of the molecule is CC[C@H](C)c1cc2nc(-c3ccc(C4(NC(=O)OC(C)(C)C)CCC4)cc3)c(-c3ccccc3)cc2c(Cl)n1. The van der Waals surface area contributed by atoms with Gasteiger partial charge in [0.05, 0.1) is 16.7 Å². The van der Waals surface area contributed by atoms with Crippen molar-refractivity contribution in [3.05, 3.63) is 83.1 Å². The largest absolute Gasteiger partial charge is 0.444 e. The number of halogens is 1. The van der Waals surface area contributed by atoms with Gasteiger partial charge in [0.15, 0.2) is 0 Å². The first kappa shape index (κ1) is 27.1. The van der Waals surface area contributed by atoms with Crippen molar-refractivity contribution in [3.63, 3.8) is 0 Å². The van der Waals surface area contributed by atoms with Crippen LogP contribution < -0.4 is 5.32 Å². The number of amides is 1. The fourth-order valence-corrected chi connectivity index (χ4v) is 5.38. The van der Waals surface area contributed by atoms with Crippen molar-refractivity contribution in [1.82, 2.24) is 15.3 Å². The topological polar surface area (TPSA) is 64.1 Å². The van der Waals surface area contributed by atoms with E-state index in [0.717, 1.165) is 70.2 Å². The highest BCUT2D eigenvalue weighted by Gasteiger charge is 2.41. The second-order valence-corrected chi connectivity index (χ2v) is 12.0. The summed E-state index contributed by atoms with van der Waals surface area (Å²) in [6.45, 7) is 9.94. The van der Waals surface area contributed by atoms with E-state index < -0.39 is 11.1 Å². The van der Waals surface area contributed by atoms with Gasteiger partial charge in [0.25, 0.3) is 0 Å². The lowest BCUT2D eigenvalue weighted by Gasteiger charge is -2.43. The van der Waals surface area contributed by atoms with Gasteiger partial charge in [-0.05, 0) is 75.6 Å². The Kier molecular flexibility index (Phi) is 7.39. The first-order valence-electron chi connectivity index (χ1n) is 13.8. The van der Waals surface area contributed by atoms with Gasteiger partial charge in [0.1, 0.15) is 10.8 Å². The molecule has 4 aromatic rings. The molecule has 0 unspecified atom stereocenters. The van der Waals surface area contributed by atoms with Crippen LogP contribution in [0.25, 0.3) is 33.3 Å². The molecule has 0 aliphatic heterocycles. The first-order valence-corrected chi connectivity index (χ1v) is 14.1. The maximum atomic E-state index is 12.6. The quantitative estimate of drug-likeness (QED) is 0.247. The fraction of sp³-hybridized carbons (Fsp3) is 0.364. The normalized spacial score (nSPS) is 15.4. The van der Waals surface area contributed by atoms with Gasteiger partial charge in [-0.1, -0.05) is 80.0 Å². The van der Waals surface area contributed by atoms with E-state index >= 15 is 0 Å². The molecule has 1 N–H and O–H groups in total. The minimum Gasteiger partial charge on any atom is -0.444 e. The predicted molar refractivity (Wildman–Crippen MR) is 159 cm³/mol. The van der Waals surface area contributed by atoms with Crippen molar-refractivity contribution < 1.29 is 9.53 Å². The van der Waals surface area contributed by atoms with Gasteiger partial charge >= 0.3 is 6.09 Å². The molecule has 39 heavy (non-hydrogen) atoms. The fourth-order valence-electron chi connectivity index (χ4n) is 5.13. The zero-order valence-corrected chi connectivity index (χ0v) is 24.1. The summed E-state index contributed by atoms with van der Waals surface area (Å²) in [5.74, 6) is 0.293. The number of nitrogens with zero attached hydrogens (tertiary/aromatic N) is 2. The lowest BCUT2D eigenvalue weighted by Crippen LogP contribution is -2.52. The number of hydrogen-bond donors (Lipinski definition) is 1. The molecule has 1 atom stereocenters. The van der Waals surface area contributed by atoms with Gasteiger partial charge in [-0.25, -0.2) is 14.8 Å². The van der Waals surface area contributed by atoms with E-state index in [0.29, 0.717) is 11.1 Å². The van der Waals surface area contributed by atoms with Crippen LogP contribution in [0.4, 0.5) is 4.79 Å². The molecule has 5 rings (SSSR count). The van der Waals surface area contributed by atoms with E-state index in [1.54, 1.807) is 0 Å². The highest BCUT2D eigenvalue weighted by molar-refractivity contribution is 6.34. The molecule has 202 valence electrons. The summed E-state index contributed by atoms with van der Waals surface area (Å²) >= 11 is 6.70. The van der Waals surface area contributed by atoms with Crippen molar-refractivity contribution >= 4 is 28.6 Å². The van der Waals surface area contributed by atoms with Crippen LogP contribution in [0.5, 0.6) is 0 Å². The molecule has 0 bridgehead atoms. The summed E-state index contributed by atoms with van der Waals surface area (Å²) in [5, 5.41) is 4.48. The maximum Gasteiger partial charge on any atom is 0.408 e. The lowest BCUT2D eigenvalue weighted by molar-refractivity contribution is 0.0377. The van der Waals surface area contributed by atoms with Crippen molar-refractivity contribution in [1.29, 1.82) is 0 Å². The average molecular weight is 542 g/mol. The number of aromatic nitrogens is 2. The summed E-state index contributed by atoms with van der Waals surface area (Å²) in [6, 6.07) is 22.8. The molecule has 2 aromatic carbocycles. The molecular weight excluding hydrogens is 506 g/mol. The van der Waals surface area contributed by atoms with Crippen LogP contribution in [0.1, 0.15) is 77.5 Å². The van der Waals surface area contributed by atoms with Crippen molar-refractivity contribution in [2.24, 2.45) is 0 Å². The number of benzene rings is 2. The Bertz CT molecular complexity index is 1490. The van der Waals surface area contributed by atoms with Crippen molar-refractivity contribution in [2.45, 2.75) is 77.4 Å². The monoisotopic (exact) mass is 541 g/mol. The molecular formula is C33H36ClN3O2. The van der Waals surface area contributed by atoms with Gasteiger partial charge < -0.3 is 10.1 Å². The molecule has 1 fully saturated rings. The third-order valence-corrected chi connectivity index (χ3v) is 7.93. The van der Waals surface area contributed by atoms with E-state index in [-0.39, 0.29) is 6.09 Å². The summed E-state index contributed by atoms with van der Waals surface area (Å²) in [4.78, 5) is 22.5. The lowest BCUT2D eigenvalue weighted by atomic mass is 9.71. The second-order valence-electron chi connectivity index (χ2n) is 11.6. The number of fused-ring (bicyclic) bond motifs is 1. The summed E-state index contributed by atoms with van der Waals surface area (Å²) in [6.07, 6.45) is 3.44. The Morgan fingerprint density at radius 3 is 2.31 bits per heavy atom. The minimum absolute atomic E-state index is 0.293. The van der Waals surface area contributed by atoms with Crippen LogP contribution in [0.3, 0.4) is 0 Å². The Labute approximate surface area is 236 Å². The van der Waals surface area contributed by atoms with E-state index in [9.17, 15) is 4.79 Å². The molecule has 0 saturated heterocycles. The summed E-state index contributed by atoms with van der Waals surface area (Å²) in [7, 11) is 0. The average Bonchev–Trinajstić information content (AvgIpc) is 2.89. The van der Waals surface area contributed by atoms with Crippen LogP contribution in [0, 0.1) is 0 Å². The number of alkyl carbamates (subject to hydrolysis) is 1. The zero-order chi connectivity index (χ0) is 27.8. The van der Waals surface area contributed by atoms with Gasteiger partial charge in [0, 0.05) is 22.2 Å². The molecule has 0 spiro atoms. The molecule has 1 amide bonds. The first-order chi connectivity index (χ1) is 18.6. The highest BCUT2D eigenvalue weighted by Crippen LogP contribution is 2.43. The van der Waals surface area contributed by atoms with Gasteiger partial charge in [0.2, 0.25) is 0 Å². The summed E-state index contributed by atoms with van der Waals surface area (Å²) < 4.78 is 5.56. The van der Waals surface area contributed by atoms with E-state index in [4.69, 9.17) is 26.3 Å². The number of carbonyl (C=O) groups is 1. The van der Waals surface area contributed by atoms with Crippen molar-refractivity contribution in [3.8, 4) is 22.4 Å². The third-order valence-electron chi connectivity index (χ3n) is 7.65. The van der Waals surface area contributed by atoms with Crippen LogP contribution in [0.2, 0.25) is 5.15 Å². The van der Waals surface area contributed by atoms with Gasteiger partial charge in [-0.15, -0.1) is 0 Å². The number of carbonyl (C=O) groups excluding carboxylic acids is 1. The van der Waals surface area contributed by atoms with Gasteiger partial charge in [-0.3, -0.25) is 0 Å². The minimum atomic E-state index is -0.540.